The van der Waals surface area contributed by atoms with Gasteiger partial charge in [-0.2, -0.15) is 4.99 Å². The molecule has 0 bridgehead atoms. The third kappa shape index (κ3) is 3.01. The first kappa shape index (κ1) is 14.3. The van der Waals surface area contributed by atoms with Gasteiger partial charge in [0.25, 0.3) is 5.91 Å². The molecule has 0 saturated carbocycles. The maximum atomic E-state index is 11.9. The van der Waals surface area contributed by atoms with Crippen molar-refractivity contribution in [1.82, 2.24) is 4.98 Å². The van der Waals surface area contributed by atoms with Crippen molar-refractivity contribution in [2.24, 2.45) is 16.5 Å². The van der Waals surface area contributed by atoms with Crippen LogP contribution in [0.15, 0.2) is 58.0 Å². The Hall–Kier alpha value is -2.60. The molecule has 0 saturated heterocycles. The van der Waals surface area contributed by atoms with Gasteiger partial charge < -0.3 is 11.5 Å². The number of nitrogens with two attached hydrogens (primary N) is 2. The lowest BCUT2D eigenvalue weighted by Gasteiger charge is -2.17. The topological polar surface area (TPSA) is 94.4 Å². The summed E-state index contributed by atoms with van der Waals surface area (Å²) in [7, 11) is 0. The Labute approximate surface area is 132 Å². The van der Waals surface area contributed by atoms with Crippen LogP contribution in [0.4, 0.5) is 0 Å². The van der Waals surface area contributed by atoms with Crippen molar-refractivity contribution in [3.05, 3.63) is 64.8 Å². The van der Waals surface area contributed by atoms with Gasteiger partial charge in [0.2, 0.25) is 0 Å². The Morgan fingerprint density at radius 3 is 2.86 bits per heavy atom. The number of thioether (sulfide) groups is 1. The van der Waals surface area contributed by atoms with Crippen molar-refractivity contribution in [3.63, 3.8) is 0 Å². The number of hydrogen-bond donors (Lipinski definition) is 2. The zero-order valence-corrected chi connectivity index (χ0v) is 12.5. The second-order valence-corrected chi connectivity index (χ2v) is 5.75. The van der Waals surface area contributed by atoms with E-state index in [-0.39, 0.29) is 5.96 Å². The maximum absolute atomic E-state index is 11.9. The molecule has 0 fully saturated rings. The third-order valence-corrected chi connectivity index (χ3v) is 4.33. The van der Waals surface area contributed by atoms with Crippen LogP contribution in [0.5, 0.6) is 0 Å². The Bertz CT molecular complexity index is 780. The Morgan fingerprint density at radius 1 is 1.27 bits per heavy atom. The molecule has 22 heavy (non-hydrogen) atoms. The number of rotatable bonds is 2. The molecule has 110 valence electrons. The molecule has 0 unspecified atom stereocenters. The molecule has 0 atom stereocenters. The quantitative estimate of drug-likeness (QED) is 0.655. The van der Waals surface area contributed by atoms with Crippen LogP contribution in [0.1, 0.15) is 21.5 Å². The maximum Gasteiger partial charge on any atom is 0.280 e. The highest BCUT2D eigenvalue weighted by molar-refractivity contribution is 8.02. The van der Waals surface area contributed by atoms with Crippen molar-refractivity contribution >= 4 is 29.2 Å². The van der Waals surface area contributed by atoms with Gasteiger partial charge in [0.1, 0.15) is 0 Å². The second kappa shape index (κ2) is 6.03. The molecule has 3 rings (SSSR count). The molecule has 1 aliphatic heterocycles. The smallest absolute Gasteiger partial charge is 0.280 e. The number of amides is 1. The van der Waals surface area contributed by atoms with E-state index in [0.717, 1.165) is 22.4 Å². The van der Waals surface area contributed by atoms with Crippen LogP contribution in [0.25, 0.3) is 5.57 Å². The van der Waals surface area contributed by atoms with E-state index in [1.54, 1.807) is 24.0 Å². The van der Waals surface area contributed by atoms with Crippen molar-refractivity contribution in [1.29, 1.82) is 0 Å². The van der Waals surface area contributed by atoms with Gasteiger partial charge in [0.15, 0.2) is 5.96 Å². The number of benzene rings is 1. The van der Waals surface area contributed by atoms with Gasteiger partial charge in [-0.05, 0) is 52.8 Å². The van der Waals surface area contributed by atoms with Crippen LogP contribution in [-0.4, -0.2) is 16.9 Å². The zero-order valence-electron chi connectivity index (χ0n) is 11.7. The van der Waals surface area contributed by atoms with Gasteiger partial charge in [0, 0.05) is 22.9 Å². The third-order valence-electron chi connectivity index (χ3n) is 3.28. The van der Waals surface area contributed by atoms with Gasteiger partial charge in [-0.3, -0.25) is 9.78 Å². The molecule has 2 aromatic rings. The first-order chi connectivity index (χ1) is 10.6. The van der Waals surface area contributed by atoms with E-state index in [9.17, 15) is 4.79 Å². The molecular formula is C16H14N4OS. The highest BCUT2D eigenvalue weighted by Crippen LogP contribution is 2.36. The van der Waals surface area contributed by atoms with Crippen LogP contribution < -0.4 is 11.5 Å². The van der Waals surface area contributed by atoms with Crippen LogP contribution in [0.3, 0.4) is 0 Å². The Kier molecular flexibility index (Phi) is 3.93. The molecule has 1 aliphatic rings. The number of carbonyl (C=O) groups excluding carboxylic acids is 1. The molecule has 0 radical (unpaired) electrons. The number of nitrogens with zero attached hydrogens (tertiary/aromatic N) is 2. The number of pyridine rings is 1. The van der Waals surface area contributed by atoms with Crippen LogP contribution in [0, 0.1) is 0 Å². The van der Waals surface area contributed by atoms with E-state index in [1.165, 1.54) is 5.57 Å². The van der Waals surface area contributed by atoms with E-state index in [2.05, 4.69) is 15.4 Å². The van der Waals surface area contributed by atoms with Gasteiger partial charge in [0.05, 0.1) is 0 Å². The fraction of sp³-hybridized carbons (Fsp3) is 0.0625. The lowest BCUT2D eigenvalue weighted by atomic mass is 9.99. The summed E-state index contributed by atoms with van der Waals surface area (Å²) in [5.41, 5.74) is 14.3. The molecule has 1 aromatic heterocycles. The van der Waals surface area contributed by atoms with Crippen molar-refractivity contribution < 1.29 is 4.79 Å². The highest BCUT2D eigenvalue weighted by atomic mass is 32.2. The van der Waals surface area contributed by atoms with Crippen molar-refractivity contribution in [2.75, 3.05) is 0 Å². The number of guanidine groups is 1. The summed E-state index contributed by atoms with van der Waals surface area (Å²) in [6.07, 6.45) is 4.34. The summed E-state index contributed by atoms with van der Waals surface area (Å²) < 4.78 is 0. The van der Waals surface area contributed by atoms with E-state index in [1.807, 2.05) is 30.5 Å². The van der Waals surface area contributed by atoms with Crippen LogP contribution in [-0.2, 0) is 6.42 Å². The average Bonchev–Trinajstić information content (AvgIpc) is 2.54. The number of hydrogen-bond acceptors (Lipinski definition) is 3. The summed E-state index contributed by atoms with van der Waals surface area (Å²) in [5.74, 6) is -0.654. The predicted octanol–water partition coefficient (Wildman–Crippen LogP) is 2.18. The largest absolute Gasteiger partial charge is 0.370 e. The predicted molar refractivity (Wildman–Crippen MR) is 88.4 cm³/mol. The standard InChI is InChI=1S/C16H14N4OS/c17-16(18)20-15(21)10-3-4-14-12(6-10)7-13(9-22-14)11-2-1-5-19-8-11/h1-6,8-9H,7H2,(H4,17,18,20,21). The lowest BCUT2D eigenvalue weighted by molar-refractivity contribution is 0.100. The average molecular weight is 310 g/mol. The number of carbonyl (C=O) groups is 1. The fourth-order valence-corrected chi connectivity index (χ4v) is 3.17. The second-order valence-electron chi connectivity index (χ2n) is 4.84. The van der Waals surface area contributed by atoms with Crippen LogP contribution in [0.2, 0.25) is 0 Å². The van der Waals surface area contributed by atoms with Gasteiger partial charge in [-0.15, -0.1) is 0 Å². The minimum atomic E-state index is -0.426. The number of aliphatic imine (C=N–C) groups is 1. The molecule has 1 aromatic carbocycles. The van der Waals surface area contributed by atoms with Crippen LogP contribution >= 0.6 is 11.8 Å². The first-order valence-electron chi connectivity index (χ1n) is 6.66. The molecule has 0 aliphatic carbocycles. The SMILES string of the molecule is NC(N)=NC(=O)c1ccc2c(c1)CC(c1cccnc1)=CS2. The molecule has 0 spiro atoms. The van der Waals surface area contributed by atoms with Gasteiger partial charge >= 0.3 is 0 Å². The highest BCUT2D eigenvalue weighted by Gasteiger charge is 2.15. The monoisotopic (exact) mass is 310 g/mol. The molecule has 6 heteroatoms. The number of aromatic nitrogens is 1. The summed E-state index contributed by atoms with van der Waals surface area (Å²) in [5, 5.41) is 2.12. The number of fused-ring (bicyclic) bond motifs is 1. The molecule has 2 heterocycles. The van der Waals surface area contributed by atoms with Gasteiger partial charge in [-0.1, -0.05) is 17.8 Å². The zero-order chi connectivity index (χ0) is 15.5. The first-order valence-corrected chi connectivity index (χ1v) is 7.54. The number of allylic oxidation sites excluding steroid dienone is 1. The van der Waals surface area contributed by atoms with E-state index in [4.69, 9.17) is 11.5 Å². The van der Waals surface area contributed by atoms with E-state index >= 15 is 0 Å². The van der Waals surface area contributed by atoms with Crippen molar-refractivity contribution in [3.8, 4) is 0 Å². The lowest BCUT2D eigenvalue weighted by Crippen LogP contribution is -2.24. The summed E-state index contributed by atoms with van der Waals surface area (Å²) in [6, 6.07) is 9.45. The van der Waals surface area contributed by atoms with Crippen molar-refractivity contribution in [2.45, 2.75) is 11.3 Å². The van der Waals surface area contributed by atoms with E-state index in [0.29, 0.717) is 5.56 Å². The summed E-state index contributed by atoms with van der Waals surface area (Å²) in [6.45, 7) is 0. The summed E-state index contributed by atoms with van der Waals surface area (Å²) >= 11 is 1.64. The molecular weight excluding hydrogens is 296 g/mol. The minimum Gasteiger partial charge on any atom is -0.370 e. The Morgan fingerprint density at radius 2 is 2.14 bits per heavy atom. The van der Waals surface area contributed by atoms with Gasteiger partial charge in [-0.25, -0.2) is 0 Å². The summed E-state index contributed by atoms with van der Waals surface area (Å²) in [4.78, 5) is 20.8. The normalized spacial score (nSPS) is 13.0. The fourth-order valence-electron chi connectivity index (χ4n) is 2.25. The van der Waals surface area contributed by atoms with E-state index < -0.39 is 5.91 Å². The molecule has 4 N–H and O–H groups in total. The molecule has 5 nitrogen and oxygen atoms in total. The minimum absolute atomic E-state index is 0.229. The molecule has 1 amide bonds. The Balaban J connectivity index is 1.89.